The SMILES string of the molecule is FC(F)(F)c1cc(CCS)ccc1Cl. The van der Waals surface area contributed by atoms with Gasteiger partial charge in [-0.15, -0.1) is 0 Å². The van der Waals surface area contributed by atoms with Crippen molar-refractivity contribution in [1.82, 2.24) is 0 Å². The highest BCUT2D eigenvalue weighted by Gasteiger charge is 2.33. The fourth-order valence-electron chi connectivity index (χ4n) is 1.07. The molecule has 0 aliphatic carbocycles. The van der Waals surface area contributed by atoms with E-state index in [-0.39, 0.29) is 5.02 Å². The first-order valence-electron chi connectivity index (χ1n) is 3.91. The molecule has 0 saturated carbocycles. The number of thiol groups is 1. The van der Waals surface area contributed by atoms with Crippen molar-refractivity contribution >= 4 is 24.2 Å². The quantitative estimate of drug-likeness (QED) is 0.747. The molecule has 0 aromatic heterocycles. The molecule has 0 unspecified atom stereocenters. The van der Waals surface area contributed by atoms with Crippen molar-refractivity contribution in [1.29, 1.82) is 0 Å². The number of halogens is 4. The second-order valence-corrected chi connectivity index (χ2v) is 3.64. The van der Waals surface area contributed by atoms with Crippen LogP contribution in [0.25, 0.3) is 0 Å². The zero-order valence-electron chi connectivity index (χ0n) is 7.11. The monoisotopic (exact) mass is 240 g/mol. The van der Waals surface area contributed by atoms with Crippen LogP contribution in [0.1, 0.15) is 11.1 Å². The first-order chi connectivity index (χ1) is 6.45. The molecule has 1 rings (SSSR count). The molecule has 1 aromatic carbocycles. The second-order valence-electron chi connectivity index (χ2n) is 2.79. The lowest BCUT2D eigenvalue weighted by Gasteiger charge is -2.10. The third-order valence-corrected chi connectivity index (χ3v) is 2.29. The number of rotatable bonds is 2. The van der Waals surface area contributed by atoms with E-state index in [0.29, 0.717) is 17.7 Å². The molecule has 14 heavy (non-hydrogen) atoms. The van der Waals surface area contributed by atoms with E-state index in [2.05, 4.69) is 12.6 Å². The van der Waals surface area contributed by atoms with Crippen LogP contribution in [0.3, 0.4) is 0 Å². The number of benzene rings is 1. The summed E-state index contributed by atoms with van der Waals surface area (Å²) < 4.78 is 37.1. The van der Waals surface area contributed by atoms with Gasteiger partial charge in [0, 0.05) is 0 Å². The summed E-state index contributed by atoms with van der Waals surface area (Å²) in [7, 11) is 0. The van der Waals surface area contributed by atoms with Crippen LogP contribution >= 0.6 is 24.2 Å². The summed E-state index contributed by atoms with van der Waals surface area (Å²) >= 11 is 9.39. The Morgan fingerprint density at radius 1 is 1.29 bits per heavy atom. The van der Waals surface area contributed by atoms with Gasteiger partial charge in [0.2, 0.25) is 0 Å². The molecule has 78 valence electrons. The molecule has 0 aliphatic rings. The Morgan fingerprint density at radius 2 is 1.93 bits per heavy atom. The molecule has 0 nitrogen and oxygen atoms in total. The predicted molar refractivity (Wildman–Crippen MR) is 54.0 cm³/mol. The summed E-state index contributed by atoms with van der Waals surface area (Å²) in [5.41, 5.74) is -0.185. The molecule has 0 N–H and O–H groups in total. The van der Waals surface area contributed by atoms with Gasteiger partial charge in [0.05, 0.1) is 10.6 Å². The summed E-state index contributed by atoms with van der Waals surface area (Å²) in [6, 6.07) is 3.91. The molecule has 0 saturated heterocycles. The molecule has 0 heterocycles. The van der Waals surface area contributed by atoms with Crippen molar-refractivity contribution in [2.45, 2.75) is 12.6 Å². The number of alkyl halides is 3. The van der Waals surface area contributed by atoms with E-state index in [1.165, 1.54) is 6.07 Å². The summed E-state index contributed by atoms with van der Waals surface area (Å²) in [6.45, 7) is 0. The number of hydrogen-bond acceptors (Lipinski definition) is 1. The topological polar surface area (TPSA) is 0 Å². The highest BCUT2D eigenvalue weighted by atomic mass is 35.5. The summed E-state index contributed by atoms with van der Waals surface area (Å²) in [4.78, 5) is 0. The number of hydrogen-bond donors (Lipinski definition) is 1. The molecule has 0 spiro atoms. The Bertz CT molecular complexity index is 322. The van der Waals surface area contributed by atoms with Crippen LogP contribution in [0.4, 0.5) is 13.2 Å². The molecule has 0 amide bonds. The zero-order chi connectivity index (χ0) is 10.8. The fraction of sp³-hybridized carbons (Fsp3) is 0.333. The predicted octanol–water partition coefficient (Wildman–Crippen LogP) is 3.83. The Labute approximate surface area is 90.5 Å². The van der Waals surface area contributed by atoms with Gasteiger partial charge in [-0.1, -0.05) is 17.7 Å². The lowest BCUT2D eigenvalue weighted by atomic mass is 10.1. The average Bonchev–Trinajstić information content (AvgIpc) is 2.07. The van der Waals surface area contributed by atoms with Crippen LogP contribution in [0, 0.1) is 0 Å². The molecule has 0 radical (unpaired) electrons. The standard InChI is InChI=1S/C9H8ClF3S/c10-8-2-1-6(3-4-14)5-7(8)9(11,12)13/h1-2,5,14H,3-4H2. The summed E-state index contributed by atoms with van der Waals surface area (Å²) in [5, 5.41) is -0.264. The van der Waals surface area contributed by atoms with Crippen molar-refractivity contribution in [3.63, 3.8) is 0 Å². The first kappa shape index (κ1) is 11.7. The Balaban J connectivity index is 3.09. The molecule has 5 heteroatoms. The Morgan fingerprint density at radius 3 is 2.43 bits per heavy atom. The van der Waals surface area contributed by atoms with Crippen molar-refractivity contribution < 1.29 is 13.2 Å². The molecule has 0 fully saturated rings. The van der Waals surface area contributed by atoms with Gasteiger partial charge in [-0.3, -0.25) is 0 Å². The first-order valence-corrected chi connectivity index (χ1v) is 4.92. The molecular weight excluding hydrogens is 233 g/mol. The number of aryl methyl sites for hydroxylation is 1. The minimum Gasteiger partial charge on any atom is -0.179 e. The summed E-state index contributed by atoms with van der Waals surface area (Å²) in [5.74, 6) is 0.513. The van der Waals surface area contributed by atoms with E-state index >= 15 is 0 Å². The molecule has 0 atom stereocenters. The maximum Gasteiger partial charge on any atom is 0.417 e. The fourth-order valence-corrected chi connectivity index (χ4v) is 1.56. The van der Waals surface area contributed by atoms with Crippen molar-refractivity contribution in [2.24, 2.45) is 0 Å². The van der Waals surface area contributed by atoms with Crippen LogP contribution < -0.4 is 0 Å². The maximum atomic E-state index is 12.4. The second kappa shape index (κ2) is 4.45. The van der Waals surface area contributed by atoms with Crippen LogP contribution in [-0.2, 0) is 12.6 Å². The third-order valence-electron chi connectivity index (χ3n) is 1.74. The largest absolute Gasteiger partial charge is 0.417 e. The van der Waals surface area contributed by atoms with Crippen molar-refractivity contribution in [2.75, 3.05) is 5.75 Å². The van der Waals surface area contributed by atoms with E-state index in [1.54, 1.807) is 6.07 Å². The van der Waals surface area contributed by atoms with Gasteiger partial charge in [0.1, 0.15) is 0 Å². The van der Waals surface area contributed by atoms with Crippen LogP contribution in [-0.4, -0.2) is 5.75 Å². The molecule has 0 aliphatic heterocycles. The van der Waals surface area contributed by atoms with Gasteiger partial charge < -0.3 is 0 Å². The van der Waals surface area contributed by atoms with Gasteiger partial charge in [-0.2, -0.15) is 25.8 Å². The van der Waals surface area contributed by atoms with E-state index in [9.17, 15) is 13.2 Å². The maximum absolute atomic E-state index is 12.4. The van der Waals surface area contributed by atoms with E-state index in [0.717, 1.165) is 6.07 Å². The van der Waals surface area contributed by atoms with Gasteiger partial charge in [-0.25, -0.2) is 0 Å². The molecular formula is C9H8ClF3S. The van der Waals surface area contributed by atoms with Gasteiger partial charge in [0.15, 0.2) is 0 Å². The van der Waals surface area contributed by atoms with Gasteiger partial charge >= 0.3 is 6.18 Å². The third kappa shape index (κ3) is 2.82. The molecule has 0 bridgehead atoms. The van der Waals surface area contributed by atoms with E-state index in [1.807, 2.05) is 0 Å². The Kier molecular flexibility index (Phi) is 3.72. The molecule has 1 aromatic rings. The minimum atomic E-state index is -4.39. The lowest BCUT2D eigenvalue weighted by molar-refractivity contribution is -0.137. The van der Waals surface area contributed by atoms with Crippen LogP contribution in [0.2, 0.25) is 5.02 Å². The van der Waals surface area contributed by atoms with Crippen LogP contribution in [0.15, 0.2) is 18.2 Å². The highest BCUT2D eigenvalue weighted by Crippen LogP contribution is 2.35. The van der Waals surface area contributed by atoms with Crippen molar-refractivity contribution in [3.8, 4) is 0 Å². The zero-order valence-corrected chi connectivity index (χ0v) is 8.76. The lowest BCUT2D eigenvalue weighted by Crippen LogP contribution is -2.06. The van der Waals surface area contributed by atoms with E-state index in [4.69, 9.17) is 11.6 Å². The minimum absolute atomic E-state index is 0.264. The van der Waals surface area contributed by atoms with Gasteiger partial charge in [-0.05, 0) is 29.9 Å². The van der Waals surface area contributed by atoms with Crippen molar-refractivity contribution in [3.05, 3.63) is 34.3 Å². The normalized spacial score (nSPS) is 11.8. The Hall–Kier alpha value is -0.350. The highest BCUT2D eigenvalue weighted by molar-refractivity contribution is 7.80. The van der Waals surface area contributed by atoms with Crippen LogP contribution in [0.5, 0.6) is 0 Å². The smallest absolute Gasteiger partial charge is 0.179 e. The summed E-state index contributed by atoms with van der Waals surface area (Å²) in [6.07, 6.45) is -3.88. The van der Waals surface area contributed by atoms with E-state index < -0.39 is 11.7 Å². The van der Waals surface area contributed by atoms with Gasteiger partial charge in [0.25, 0.3) is 0 Å². The average molecular weight is 241 g/mol.